The molecule has 0 aliphatic carbocycles. The van der Waals surface area contributed by atoms with Crippen molar-refractivity contribution in [3.8, 4) is 0 Å². The lowest BCUT2D eigenvalue weighted by atomic mass is 9.94. The van der Waals surface area contributed by atoms with Crippen molar-refractivity contribution in [3.63, 3.8) is 0 Å². The molecule has 0 radical (unpaired) electrons. The molecule has 0 aromatic heterocycles. The minimum Gasteiger partial charge on any atom is -0.346 e. The highest BCUT2D eigenvalue weighted by Gasteiger charge is 2.24. The summed E-state index contributed by atoms with van der Waals surface area (Å²) in [6.45, 7) is 0.989. The molecule has 1 fully saturated rings. The average Bonchev–Trinajstić information content (AvgIpc) is 3.23. The van der Waals surface area contributed by atoms with Crippen LogP contribution in [0.2, 0.25) is 0 Å². The Bertz CT molecular complexity index is 1230. The summed E-state index contributed by atoms with van der Waals surface area (Å²) in [4.78, 5) is 0. The van der Waals surface area contributed by atoms with E-state index in [1.807, 2.05) is 18.2 Å². The number of ether oxygens (including phenoxy) is 2. The number of benzene rings is 4. The SMILES string of the molecule is Fc1c(F)c(F)c2c(ccc3c4cccc(C5OCCO5)c4ccc32)c1F. The van der Waals surface area contributed by atoms with Gasteiger partial charge in [0.25, 0.3) is 0 Å². The molecule has 0 atom stereocenters. The zero-order valence-electron chi connectivity index (χ0n) is 13.9. The van der Waals surface area contributed by atoms with E-state index in [1.165, 1.54) is 6.07 Å². The van der Waals surface area contributed by atoms with Crippen LogP contribution in [0, 0.1) is 23.3 Å². The van der Waals surface area contributed by atoms with Crippen LogP contribution in [0.4, 0.5) is 17.6 Å². The summed E-state index contributed by atoms with van der Waals surface area (Å²) in [5.74, 6) is -6.41. The Morgan fingerprint density at radius 2 is 1.19 bits per heavy atom. The average molecular weight is 372 g/mol. The molecule has 0 spiro atoms. The van der Waals surface area contributed by atoms with E-state index in [1.54, 1.807) is 18.2 Å². The van der Waals surface area contributed by atoms with Crippen molar-refractivity contribution in [2.24, 2.45) is 0 Å². The Hall–Kier alpha value is -2.70. The highest BCUT2D eigenvalue weighted by Crippen LogP contribution is 2.38. The highest BCUT2D eigenvalue weighted by molar-refractivity contribution is 6.17. The predicted molar refractivity (Wildman–Crippen MR) is 93.4 cm³/mol. The standard InChI is InChI=1S/C21H12F4O2/c22-17-15-7-5-11-10-2-1-3-14(21-26-8-9-27-21)12(10)4-6-13(11)16(15)18(23)20(25)19(17)24/h1-7,21H,8-9H2. The van der Waals surface area contributed by atoms with Crippen LogP contribution in [0.25, 0.3) is 32.3 Å². The first-order valence-electron chi connectivity index (χ1n) is 8.41. The summed E-state index contributed by atoms with van der Waals surface area (Å²) in [6, 6.07) is 11.7. The summed E-state index contributed by atoms with van der Waals surface area (Å²) >= 11 is 0. The normalized spacial score (nSPS) is 15.4. The summed E-state index contributed by atoms with van der Waals surface area (Å²) < 4.78 is 67.1. The van der Waals surface area contributed by atoms with Gasteiger partial charge in [-0.2, -0.15) is 0 Å². The van der Waals surface area contributed by atoms with E-state index < -0.39 is 29.6 Å². The maximum Gasteiger partial charge on any atom is 0.198 e. The van der Waals surface area contributed by atoms with E-state index in [0.29, 0.717) is 24.0 Å². The van der Waals surface area contributed by atoms with Gasteiger partial charge < -0.3 is 9.47 Å². The first-order valence-corrected chi connectivity index (χ1v) is 8.41. The molecule has 136 valence electrons. The number of halogens is 4. The molecule has 2 nitrogen and oxygen atoms in total. The molecule has 0 unspecified atom stereocenters. The van der Waals surface area contributed by atoms with Crippen LogP contribution in [0.3, 0.4) is 0 Å². The van der Waals surface area contributed by atoms with E-state index in [-0.39, 0.29) is 10.8 Å². The molecule has 0 bridgehead atoms. The first-order chi connectivity index (χ1) is 13.1. The molecule has 0 saturated carbocycles. The molecule has 4 aromatic rings. The van der Waals surface area contributed by atoms with Crippen LogP contribution in [0.1, 0.15) is 11.9 Å². The molecule has 1 heterocycles. The van der Waals surface area contributed by atoms with Gasteiger partial charge in [-0.1, -0.05) is 42.5 Å². The highest BCUT2D eigenvalue weighted by atomic mass is 19.2. The van der Waals surface area contributed by atoms with Crippen LogP contribution >= 0.6 is 0 Å². The maximum atomic E-state index is 14.5. The molecule has 27 heavy (non-hydrogen) atoms. The molecule has 0 N–H and O–H groups in total. The van der Waals surface area contributed by atoms with Crippen molar-refractivity contribution in [1.29, 1.82) is 0 Å². The third-order valence-corrected chi connectivity index (χ3v) is 5.00. The lowest BCUT2D eigenvalue weighted by Crippen LogP contribution is -2.00. The van der Waals surface area contributed by atoms with Gasteiger partial charge in [0, 0.05) is 16.3 Å². The molecular weight excluding hydrogens is 360 g/mol. The monoisotopic (exact) mass is 372 g/mol. The lowest BCUT2D eigenvalue weighted by Gasteiger charge is -2.15. The van der Waals surface area contributed by atoms with Crippen molar-refractivity contribution >= 4 is 32.3 Å². The van der Waals surface area contributed by atoms with Gasteiger partial charge in [-0.3, -0.25) is 0 Å². The Labute approximate surface area is 150 Å². The van der Waals surface area contributed by atoms with Crippen molar-refractivity contribution in [3.05, 3.63) is 71.3 Å². The number of rotatable bonds is 1. The van der Waals surface area contributed by atoms with Crippen molar-refractivity contribution < 1.29 is 27.0 Å². The van der Waals surface area contributed by atoms with Gasteiger partial charge in [0.1, 0.15) is 0 Å². The van der Waals surface area contributed by atoms with Gasteiger partial charge in [-0.25, -0.2) is 17.6 Å². The zero-order chi connectivity index (χ0) is 18.7. The fourth-order valence-electron chi connectivity index (χ4n) is 3.78. The Balaban J connectivity index is 1.90. The van der Waals surface area contributed by atoms with Crippen molar-refractivity contribution in [2.75, 3.05) is 13.2 Å². The fourth-order valence-corrected chi connectivity index (χ4v) is 3.78. The molecule has 6 heteroatoms. The maximum absolute atomic E-state index is 14.5. The second kappa shape index (κ2) is 5.90. The number of hydrogen-bond acceptors (Lipinski definition) is 2. The summed E-state index contributed by atoms with van der Waals surface area (Å²) in [6.07, 6.45) is -0.493. The van der Waals surface area contributed by atoms with Crippen LogP contribution in [-0.4, -0.2) is 13.2 Å². The van der Waals surface area contributed by atoms with E-state index >= 15 is 0 Å². The van der Waals surface area contributed by atoms with E-state index in [0.717, 1.165) is 16.3 Å². The molecule has 1 aliphatic heterocycles. The summed E-state index contributed by atoms with van der Waals surface area (Å²) in [5, 5.41) is 1.93. The Morgan fingerprint density at radius 1 is 0.593 bits per heavy atom. The Morgan fingerprint density at radius 3 is 1.96 bits per heavy atom. The van der Waals surface area contributed by atoms with Crippen molar-refractivity contribution in [2.45, 2.75) is 6.29 Å². The van der Waals surface area contributed by atoms with E-state index in [9.17, 15) is 17.6 Å². The van der Waals surface area contributed by atoms with E-state index in [4.69, 9.17) is 9.47 Å². The molecular formula is C21H12F4O2. The smallest absolute Gasteiger partial charge is 0.198 e. The predicted octanol–water partition coefficient (Wildman–Crippen LogP) is 5.75. The summed E-state index contributed by atoms with van der Waals surface area (Å²) in [5.41, 5.74) is 0.823. The third kappa shape index (κ3) is 2.27. The second-order valence-electron chi connectivity index (χ2n) is 6.42. The van der Waals surface area contributed by atoms with Crippen LogP contribution < -0.4 is 0 Å². The second-order valence-corrected chi connectivity index (χ2v) is 6.42. The third-order valence-electron chi connectivity index (χ3n) is 5.00. The Kier molecular flexibility index (Phi) is 3.60. The lowest BCUT2D eigenvalue weighted by molar-refractivity contribution is -0.0429. The topological polar surface area (TPSA) is 18.5 Å². The molecule has 1 saturated heterocycles. The quantitative estimate of drug-likeness (QED) is 0.183. The van der Waals surface area contributed by atoms with Crippen LogP contribution in [0.5, 0.6) is 0 Å². The van der Waals surface area contributed by atoms with Crippen LogP contribution in [0.15, 0.2) is 42.5 Å². The number of fused-ring (bicyclic) bond motifs is 5. The van der Waals surface area contributed by atoms with Crippen LogP contribution in [-0.2, 0) is 9.47 Å². The first kappa shape index (κ1) is 16.5. The van der Waals surface area contributed by atoms with Gasteiger partial charge in [0.05, 0.1) is 13.2 Å². The van der Waals surface area contributed by atoms with Gasteiger partial charge >= 0.3 is 0 Å². The van der Waals surface area contributed by atoms with Gasteiger partial charge in [-0.15, -0.1) is 0 Å². The molecule has 1 aliphatic rings. The minimum absolute atomic E-state index is 0.274. The van der Waals surface area contributed by atoms with Gasteiger partial charge in [0.2, 0.25) is 0 Å². The zero-order valence-corrected chi connectivity index (χ0v) is 13.9. The fraction of sp³-hybridized carbons (Fsp3) is 0.143. The van der Waals surface area contributed by atoms with E-state index in [2.05, 4.69) is 0 Å². The van der Waals surface area contributed by atoms with Gasteiger partial charge in [0.15, 0.2) is 29.6 Å². The minimum atomic E-state index is -1.81. The summed E-state index contributed by atoms with van der Waals surface area (Å²) in [7, 11) is 0. The largest absolute Gasteiger partial charge is 0.346 e. The number of hydrogen-bond donors (Lipinski definition) is 0. The van der Waals surface area contributed by atoms with Gasteiger partial charge in [-0.05, 0) is 21.5 Å². The molecule has 4 aromatic carbocycles. The molecule has 5 rings (SSSR count). The molecule has 0 amide bonds. The van der Waals surface area contributed by atoms with Crippen molar-refractivity contribution in [1.82, 2.24) is 0 Å².